The minimum atomic E-state index is 0.454. The number of methoxy groups -OCH3 is 1. The number of rotatable bonds is 4. The molecule has 0 bridgehead atoms. The molecule has 0 fully saturated rings. The van der Waals surface area contributed by atoms with Crippen molar-refractivity contribution in [1.82, 2.24) is 9.55 Å². The van der Waals surface area contributed by atoms with E-state index < -0.39 is 0 Å². The summed E-state index contributed by atoms with van der Waals surface area (Å²) in [6, 6.07) is 7.80. The van der Waals surface area contributed by atoms with Gasteiger partial charge in [0.1, 0.15) is 17.3 Å². The molecule has 0 amide bonds. The average molecular weight is 233 g/mol. The fourth-order valence-corrected chi connectivity index (χ4v) is 1.48. The molecule has 90 valence electrons. The minimum Gasteiger partial charge on any atom is -0.497 e. The molecule has 0 saturated carbocycles. The van der Waals surface area contributed by atoms with E-state index in [4.69, 9.17) is 15.2 Å². The van der Waals surface area contributed by atoms with Crippen LogP contribution in [0, 0.1) is 0 Å². The van der Waals surface area contributed by atoms with Crippen LogP contribution in [-0.4, -0.2) is 16.7 Å². The van der Waals surface area contributed by atoms with Gasteiger partial charge in [0.05, 0.1) is 13.3 Å². The van der Waals surface area contributed by atoms with Gasteiger partial charge in [0.2, 0.25) is 0 Å². The smallest absolute Gasteiger partial charge is 0.303 e. The second kappa shape index (κ2) is 4.78. The third-order valence-corrected chi connectivity index (χ3v) is 2.37. The average Bonchev–Trinajstić information content (AvgIpc) is 2.70. The van der Waals surface area contributed by atoms with Crippen molar-refractivity contribution in [2.45, 2.75) is 13.5 Å². The second-order valence-corrected chi connectivity index (χ2v) is 3.51. The SMILES string of the molecule is CCn1cc(N)nc1Oc1ccc(OC)cc1. The topological polar surface area (TPSA) is 62.3 Å². The molecular formula is C12H15N3O2. The first-order chi connectivity index (χ1) is 8.22. The molecule has 5 heteroatoms. The largest absolute Gasteiger partial charge is 0.497 e. The molecule has 2 rings (SSSR count). The molecule has 1 heterocycles. The lowest BCUT2D eigenvalue weighted by Gasteiger charge is -2.06. The van der Waals surface area contributed by atoms with Crippen LogP contribution in [0.3, 0.4) is 0 Å². The lowest BCUT2D eigenvalue weighted by molar-refractivity contribution is 0.404. The fraction of sp³-hybridized carbons (Fsp3) is 0.250. The molecule has 0 unspecified atom stereocenters. The fourth-order valence-electron chi connectivity index (χ4n) is 1.48. The number of ether oxygens (including phenoxy) is 2. The minimum absolute atomic E-state index is 0.454. The Morgan fingerprint density at radius 1 is 1.24 bits per heavy atom. The van der Waals surface area contributed by atoms with Gasteiger partial charge in [-0.3, -0.25) is 4.57 Å². The standard InChI is InChI=1S/C12H15N3O2/c1-3-15-8-11(13)14-12(15)17-10-6-4-9(16-2)5-7-10/h4-8H,3,13H2,1-2H3. The summed E-state index contributed by atoms with van der Waals surface area (Å²) in [5, 5.41) is 0. The van der Waals surface area contributed by atoms with Crippen LogP contribution in [0.4, 0.5) is 5.82 Å². The molecule has 0 spiro atoms. The quantitative estimate of drug-likeness (QED) is 0.880. The van der Waals surface area contributed by atoms with E-state index in [1.807, 2.05) is 35.8 Å². The van der Waals surface area contributed by atoms with E-state index >= 15 is 0 Å². The number of nitrogen functional groups attached to an aromatic ring is 1. The molecule has 0 saturated heterocycles. The van der Waals surface area contributed by atoms with Gasteiger partial charge in [0.15, 0.2) is 0 Å². The van der Waals surface area contributed by atoms with Crippen molar-refractivity contribution >= 4 is 5.82 Å². The van der Waals surface area contributed by atoms with Crippen molar-refractivity contribution in [3.05, 3.63) is 30.5 Å². The van der Waals surface area contributed by atoms with Crippen molar-refractivity contribution in [2.75, 3.05) is 12.8 Å². The predicted molar refractivity (Wildman–Crippen MR) is 65.4 cm³/mol. The van der Waals surface area contributed by atoms with Crippen LogP contribution in [0.25, 0.3) is 0 Å². The Hall–Kier alpha value is -2.17. The molecule has 1 aromatic carbocycles. The summed E-state index contributed by atoms with van der Waals surface area (Å²) in [4.78, 5) is 4.11. The zero-order valence-corrected chi connectivity index (χ0v) is 9.88. The van der Waals surface area contributed by atoms with Crippen molar-refractivity contribution in [3.8, 4) is 17.5 Å². The molecule has 1 aromatic heterocycles. The summed E-state index contributed by atoms with van der Waals surface area (Å²) in [6.07, 6.45) is 1.75. The maximum atomic E-state index is 5.64. The highest BCUT2D eigenvalue weighted by molar-refractivity contribution is 5.34. The lowest BCUT2D eigenvalue weighted by atomic mass is 10.3. The number of hydrogen-bond acceptors (Lipinski definition) is 4. The summed E-state index contributed by atoms with van der Waals surface area (Å²) in [6.45, 7) is 2.76. The molecule has 0 aliphatic carbocycles. The normalized spacial score (nSPS) is 10.2. The Morgan fingerprint density at radius 3 is 2.47 bits per heavy atom. The van der Waals surface area contributed by atoms with E-state index in [-0.39, 0.29) is 0 Å². The Labute approximate surface area is 99.8 Å². The predicted octanol–water partition coefficient (Wildman–Crippen LogP) is 2.29. The summed E-state index contributed by atoms with van der Waals surface area (Å²) in [7, 11) is 1.63. The number of nitrogens with zero attached hydrogens (tertiary/aromatic N) is 2. The second-order valence-electron chi connectivity index (χ2n) is 3.51. The van der Waals surface area contributed by atoms with Crippen LogP contribution >= 0.6 is 0 Å². The number of imidazole rings is 1. The van der Waals surface area contributed by atoms with Crippen LogP contribution in [0.5, 0.6) is 17.5 Å². The molecule has 0 radical (unpaired) electrons. The van der Waals surface area contributed by atoms with Crippen LogP contribution in [0.15, 0.2) is 30.5 Å². The summed E-state index contributed by atoms with van der Waals surface area (Å²) < 4.78 is 12.6. The first kappa shape index (κ1) is 11.3. The van der Waals surface area contributed by atoms with E-state index in [1.165, 1.54) is 0 Å². The summed E-state index contributed by atoms with van der Waals surface area (Å²) in [5.41, 5.74) is 5.62. The molecular weight excluding hydrogens is 218 g/mol. The Kier molecular flexibility index (Phi) is 3.18. The van der Waals surface area contributed by atoms with Crippen molar-refractivity contribution in [2.24, 2.45) is 0 Å². The monoisotopic (exact) mass is 233 g/mol. The molecule has 5 nitrogen and oxygen atoms in total. The van der Waals surface area contributed by atoms with Gasteiger partial charge in [-0.1, -0.05) is 0 Å². The molecule has 2 aromatic rings. The Morgan fingerprint density at radius 2 is 1.88 bits per heavy atom. The van der Waals surface area contributed by atoms with Crippen LogP contribution in [0.1, 0.15) is 6.92 Å². The first-order valence-corrected chi connectivity index (χ1v) is 5.37. The van der Waals surface area contributed by atoms with Crippen molar-refractivity contribution < 1.29 is 9.47 Å². The summed E-state index contributed by atoms with van der Waals surface area (Å²) in [5.74, 6) is 1.94. The number of aryl methyl sites for hydroxylation is 1. The van der Waals surface area contributed by atoms with E-state index in [0.717, 1.165) is 12.3 Å². The van der Waals surface area contributed by atoms with Gasteiger partial charge in [0, 0.05) is 6.54 Å². The zero-order valence-electron chi connectivity index (χ0n) is 9.88. The lowest BCUT2D eigenvalue weighted by Crippen LogP contribution is -1.97. The van der Waals surface area contributed by atoms with E-state index in [2.05, 4.69) is 4.98 Å². The van der Waals surface area contributed by atoms with Crippen LogP contribution in [0.2, 0.25) is 0 Å². The maximum Gasteiger partial charge on any atom is 0.303 e. The summed E-state index contributed by atoms with van der Waals surface area (Å²) >= 11 is 0. The highest BCUT2D eigenvalue weighted by atomic mass is 16.5. The van der Waals surface area contributed by atoms with Crippen molar-refractivity contribution in [1.29, 1.82) is 0 Å². The van der Waals surface area contributed by atoms with Gasteiger partial charge < -0.3 is 15.2 Å². The molecule has 17 heavy (non-hydrogen) atoms. The highest BCUT2D eigenvalue weighted by Crippen LogP contribution is 2.23. The number of benzene rings is 1. The van der Waals surface area contributed by atoms with E-state index in [1.54, 1.807) is 13.3 Å². The third-order valence-electron chi connectivity index (χ3n) is 2.37. The van der Waals surface area contributed by atoms with Crippen molar-refractivity contribution in [3.63, 3.8) is 0 Å². The van der Waals surface area contributed by atoms with E-state index in [0.29, 0.717) is 17.6 Å². The van der Waals surface area contributed by atoms with Gasteiger partial charge in [-0.05, 0) is 31.2 Å². The van der Waals surface area contributed by atoms with E-state index in [9.17, 15) is 0 Å². The zero-order chi connectivity index (χ0) is 12.3. The molecule has 0 atom stereocenters. The Bertz CT molecular complexity index is 491. The number of hydrogen-bond donors (Lipinski definition) is 1. The Balaban J connectivity index is 2.18. The molecule has 0 aliphatic heterocycles. The van der Waals surface area contributed by atoms with Gasteiger partial charge in [-0.25, -0.2) is 0 Å². The first-order valence-electron chi connectivity index (χ1n) is 5.37. The number of anilines is 1. The maximum absolute atomic E-state index is 5.64. The number of nitrogens with two attached hydrogens (primary N) is 1. The number of aromatic nitrogens is 2. The van der Waals surface area contributed by atoms with Crippen LogP contribution < -0.4 is 15.2 Å². The highest BCUT2D eigenvalue weighted by Gasteiger charge is 2.07. The van der Waals surface area contributed by atoms with Gasteiger partial charge in [-0.2, -0.15) is 4.98 Å². The van der Waals surface area contributed by atoms with Crippen LogP contribution in [-0.2, 0) is 6.54 Å². The molecule has 0 aliphatic rings. The van der Waals surface area contributed by atoms with Gasteiger partial charge in [0.25, 0.3) is 0 Å². The van der Waals surface area contributed by atoms with Gasteiger partial charge in [-0.15, -0.1) is 0 Å². The van der Waals surface area contributed by atoms with Gasteiger partial charge >= 0.3 is 6.01 Å². The molecule has 2 N–H and O–H groups in total. The third kappa shape index (κ3) is 2.50.